The van der Waals surface area contributed by atoms with E-state index >= 15 is 0 Å². The van der Waals surface area contributed by atoms with E-state index in [4.69, 9.17) is 4.74 Å². The maximum absolute atomic E-state index is 12.2. The van der Waals surface area contributed by atoms with E-state index in [0.717, 1.165) is 5.56 Å². The fourth-order valence-electron chi connectivity index (χ4n) is 2.05. The normalized spacial score (nSPS) is 11.2. The van der Waals surface area contributed by atoms with Crippen molar-refractivity contribution in [2.45, 2.75) is 13.3 Å². The first-order valence-electron chi connectivity index (χ1n) is 6.72. The zero-order chi connectivity index (χ0) is 15.1. The summed E-state index contributed by atoms with van der Waals surface area (Å²) in [5, 5.41) is 9.33. The molecule has 2 aromatic carbocycles. The Balaban J connectivity index is 2.35. The molecule has 0 aliphatic heterocycles. The minimum absolute atomic E-state index is 0.0487. The van der Waals surface area contributed by atoms with Gasteiger partial charge in [-0.15, -0.1) is 0 Å². The van der Waals surface area contributed by atoms with E-state index in [1.54, 1.807) is 24.3 Å². The smallest absolute Gasteiger partial charge is 0.354 e. The van der Waals surface area contributed by atoms with Crippen LogP contribution in [-0.4, -0.2) is 5.97 Å². The topological polar surface area (TPSA) is 50.1 Å². The lowest BCUT2D eigenvalue weighted by atomic mass is 9.98. The number of benzene rings is 2. The van der Waals surface area contributed by atoms with Gasteiger partial charge in [0.15, 0.2) is 0 Å². The van der Waals surface area contributed by atoms with E-state index in [1.807, 2.05) is 49.4 Å². The van der Waals surface area contributed by atoms with Crippen molar-refractivity contribution in [1.29, 1.82) is 5.26 Å². The monoisotopic (exact) mass is 277 g/mol. The van der Waals surface area contributed by atoms with Crippen molar-refractivity contribution in [3.05, 3.63) is 71.8 Å². The lowest BCUT2D eigenvalue weighted by Gasteiger charge is -2.09. The number of carbonyl (C=O) groups excluding carboxylic acids is 1. The predicted molar refractivity (Wildman–Crippen MR) is 81.3 cm³/mol. The molecule has 0 bridgehead atoms. The molecular formula is C18H15NO2. The first-order valence-corrected chi connectivity index (χ1v) is 6.72. The highest BCUT2D eigenvalue weighted by molar-refractivity contribution is 6.02. The minimum atomic E-state index is -0.621. The van der Waals surface area contributed by atoms with Crippen LogP contribution in [0.5, 0.6) is 5.75 Å². The summed E-state index contributed by atoms with van der Waals surface area (Å²) < 4.78 is 5.25. The Kier molecular flexibility index (Phi) is 4.89. The summed E-state index contributed by atoms with van der Waals surface area (Å²) in [5.41, 5.74) is 1.60. The second kappa shape index (κ2) is 7.06. The highest BCUT2D eigenvalue weighted by Crippen LogP contribution is 2.23. The van der Waals surface area contributed by atoms with Crippen LogP contribution in [0.1, 0.15) is 18.9 Å². The maximum Gasteiger partial charge on any atom is 0.354 e. The van der Waals surface area contributed by atoms with E-state index in [2.05, 4.69) is 0 Å². The fraction of sp³-hybridized carbons (Fsp3) is 0.111. The molecule has 0 atom stereocenters. The first kappa shape index (κ1) is 14.5. The third kappa shape index (κ3) is 3.58. The van der Waals surface area contributed by atoms with Gasteiger partial charge in [-0.1, -0.05) is 55.5 Å². The second-order valence-corrected chi connectivity index (χ2v) is 4.39. The summed E-state index contributed by atoms with van der Waals surface area (Å²) in [6, 6.07) is 20.1. The number of hydrogen-bond acceptors (Lipinski definition) is 3. The molecule has 2 aromatic rings. The number of para-hydroxylation sites is 1. The number of nitrogens with zero attached hydrogens (tertiary/aromatic N) is 1. The Morgan fingerprint density at radius 2 is 1.62 bits per heavy atom. The lowest BCUT2D eigenvalue weighted by molar-refractivity contribution is -0.129. The molecule has 0 saturated heterocycles. The molecule has 0 aliphatic rings. The van der Waals surface area contributed by atoms with Gasteiger partial charge in [-0.2, -0.15) is 5.26 Å². The summed E-state index contributed by atoms with van der Waals surface area (Å²) >= 11 is 0. The quantitative estimate of drug-likeness (QED) is 0.367. The average Bonchev–Trinajstić information content (AvgIpc) is 2.54. The molecule has 0 fully saturated rings. The van der Waals surface area contributed by atoms with Crippen LogP contribution in [0.2, 0.25) is 0 Å². The summed E-state index contributed by atoms with van der Waals surface area (Å²) in [7, 11) is 0. The van der Waals surface area contributed by atoms with Crippen LogP contribution in [0.25, 0.3) is 5.57 Å². The highest BCUT2D eigenvalue weighted by atomic mass is 16.5. The molecule has 0 aliphatic carbocycles. The first-order chi connectivity index (χ1) is 10.3. The molecule has 0 saturated carbocycles. The SMILES string of the molecule is CC/C(=C(/C#N)C(=O)Oc1ccccc1)c1ccccc1. The molecule has 104 valence electrons. The molecule has 3 heteroatoms. The van der Waals surface area contributed by atoms with Gasteiger partial charge in [0.05, 0.1) is 0 Å². The Morgan fingerprint density at radius 1 is 1.05 bits per heavy atom. The van der Waals surface area contributed by atoms with Crippen molar-refractivity contribution in [3.63, 3.8) is 0 Å². The van der Waals surface area contributed by atoms with E-state index in [0.29, 0.717) is 17.7 Å². The maximum atomic E-state index is 12.2. The van der Waals surface area contributed by atoms with Gasteiger partial charge in [0.25, 0.3) is 0 Å². The van der Waals surface area contributed by atoms with E-state index in [9.17, 15) is 10.1 Å². The van der Waals surface area contributed by atoms with Crippen molar-refractivity contribution >= 4 is 11.5 Å². The molecule has 0 radical (unpaired) electrons. The number of nitriles is 1. The number of rotatable bonds is 4. The van der Waals surface area contributed by atoms with Crippen LogP contribution < -0.4 is 4.74 Å². The predicted octanol–water partition coefficient (Wildman–Crippen LogP) is 3.98. The fourth-order valence-corrected chi connectivity index (χ4v) is 2.05. The third-order valence-corrected chi connectivity index (χ3v) is 3.05. The van der Waals surface area contributed by atoms with Crippen molar-refractivity contribution in [3.8, 4) is 11.8 Å². The standard InChI is InChI=1S/C18H15NO2/c1-2-16(14-9-5-3-6-10-14)17(13-19)18(20)21-15-11-7-4-8-12-15/h3-12H,2H2,1H3/b17-16+. The van der Waals surface area contributed by atoms with E-state index < -0.39 is 5.97 Å². The zero-order valence-corrected chi connectivity index (χ0v) is 11.7. The van der Waals surface area contributed by atoms with Crippen LogP contribution >= 0.6 is 0 Å². The number of hydrogen-bond donors (Lipinski definition) is 0. The van der Waals surface area contributed by atoms with Gasteiger partial charge in [0.1, 0.15) is 17.4 Å². The Hall–Kier alpha value is -2.86. The lowest BCUT2D eigenvalue weighted by Crippen LogP contribution is -2.12. The molecule has 0 unspecified atom stereocenters. The van der Waals surface area contributed by atoms with Crippen molar-refractivity contribution < 1.29 is 9.53 Å². The van der Waals surface area contributed by atoms with Gasteiger partial charge in [-0.3, -0.25) is 0 Å². The molecule has 0 spiro atoms. The molecule has 0 amide bonds. The largest absolute Gasteiger partial charge is 0.422 e. The molecule has 0 N–H and O–H groups in total. The van der Waals surface area contributed by atoms with Crippen molar-refractivity contribution in [2.75, 3.05) is 0 Å². The van der Waals surface area contributed by atoms with Gasteiger partial charge in [-0.05, 0) is 29.7 Å². The second-order valence-electron chi connectivity index (χ2n) is 4.39. The van der Waals surface area contributed by atoms with Crippen LogP contribution in [-0.2, 0) is 4.79 Å². The molecule has 21 heavy (non-hydrogen) atoms. The Labute approximate surface area is 124 Å². The van der Waals surface area contributed by atoms with Crippen molar-refractivity contribution in [1.82, 2.24) is 0 Å². The van der Waals surface area contributed by atoms with Crippen LogP contribution in [0.15, 0.2) is 66.2 Å². The summed E-state index contributed by atoms with van der Waals surface area (Å²) in [6.45, 7) is 1.91. The van der Waals surface area contributed by atoms with E-state index in [-0.39, 0.29) is 5.57 Å². The van der Waals surface area contributed by atoms with Crippen LogP contribution in [0.4, 0.5) is 0 Å². The zero-order valence-electron chi connectivity index (χ0n) is 11.7. The van der Waals surface area contributed by atoms with Gasteiger partial charge in [0, 0.05) is 0 Å². The third-order valence-electron chi connectivity index (χ3n) is 3.05. The summed E-state index contributed by atoms with van der Waals surface area (Å²) in [5.74, 6) is -0.192. The van der Waals surface area contributed by atoms with E-state index in [1.165, 1.54) is 0 Å². The van der Waals surface area contributed by atoms with Crippen LogP contribution in [0.3, 0.4) is 0 Å². The highest BCUT2D eigenvalue weighted by Gasteiger charge is 2.17. The van der Waals surface area contributed by atoms with Gasteiger partial charge < -0.3 is 4.74 Å². The molecule has 2 rings (SSSR count). The average molecular weight is 277 g/mol. The Morgan fingerprint density at radius 3 is 2.14 bits per heavy atom. The number of carbonyl (C=O) groups is 1. The summed E-state index contributed by atoms with van der Waals surface area (Å²) in [6.07, 6.45) is 0.580. The Bertz CT molecular complexity index is 682. The number of ether oxygens (including phenoxy) is 1. The van der Waals surface area contributed by atoms with Gasteiger partial charge in [-0.25, -0.2) is 4.79 Å². The molecule has 0 aromatic heterocycles. The van der Waals surface area contributed by atoms with Crippen molar-refractivity contribution in [2.24, 2.45) is 0 Å². The van der Waals surface area contributed by atoms with Crippen LogP contribution in [0, 0.1) is 11.3 Å². The number of esters is 1. The van der Waals surface area contributed by atoms with Gasteiger partial charge in [0.2, 0.25) is 0 Å². The minimum Gasteiger partial charge on any atom is -0.422 e. The molecular weight excluding hydrogens is 262 g/mol. The molecule has 0 heterocycles. The van der Waals surface area contributed by atoms with Gasteiger partial charge >= 0.3 is 5.97 Å². The molecule has 3 nitrogen and oxygen atoms in total. The number of allylic oxidation sites excluding steroid dienone is 1. The summed E-state index contributed by atoms with van der Waals surface area (Å²) in [4.78, 5) is 12.2.